The van der Waals surface area contributed by atoms with Gasteiger partial charge in [0.2, 0.25) is 0 Å². The lowest BCUT2D eigenvalue weighted by Gasteiger charge is -2.22. The summed E-state index contributed by atoms with van der Waals surface area (Å²) in [5.74, 6) is 0.411. The Balaban J connectivity index is 1.86. The Morgan fingerprint density at radius 2 is 2.17 bits per heavy atom. The van der Waals surface area contributed by atoms with Crippen molar-refractivity contribution in [2.24, 2.45) is 7.05 Å². The Labute approximate surface area is 136 Å². The second kappa shape index (κ2) is 6.83. The van der Waals surface area contributed by atoms with Gasteiger partial charge in [0.05, 0.1) is 12.7 Å². The highest BCUT2D eigenvalue weighted by Crippen LogP contribution is 2.20. The molecule has 0 saturated carbocycles. The van der Waals surface area contributed by atoms with Crippen LogP contribution in [0.3, 0.4) is 0 Å². The van der Waals surface area contributed by atoms with E-state index in [0.29, 0.717) is 11.3 Å². The molecule has 0 fully saturated rings. The number of amides is 1. The molecule has 2 rings (SSSR count). The third kappa shape index (κ3) is 4.56. The lowest BCUT2D eigenvalue weighted by Crippen LogP contribution is -2.40. The molecule has 0 aliphatic carbocycles. The van der Waals surface area contributed by atoms with Crippen molar-refractivity contribution < 1.29 is 14.6 Å². The minimum absolute atomic E-state index is 0.0899. The van der Waals surface area contributed by atoms with Crippen LogP contribution in [-0.4, -0.2) is 33.9 Å². The summed E-state index contributed by atoms with van der Waals surface area (Å²) in [6.07, 6.45) is 3.30. The van der Waals surface area contributed by atoms with Crippen LogP contribution in [0.1, 0.15) is 23.6 Å². The first-order valence-electron chi connectivity index (χ1n) is 7.46. The summed E-state index contributed by atoms with van der Waals surface area (Å²) in [6, 6.07) is 5.84. The molecular weight excluding hydrogens is 294 g/mol. The monoisotopic (exact) mass is 317 g/mol. The van der Waals surface area contributed by atoms with Crippen molar-refractivity contribution >= 4 is 5.91 Å². The van der Waals surface area contributed by atoms with Gasteiger partial charge < -0.3 is 15.2 Å². The average molecular weight is 317 g/mol. The molecule has 6 nitrogen and oxygen atoms in total. The maximum Gasteiger partial charge on any atom is 0.258 e. The predicted octanol–water partition coefficient (Wildman–Crippen LogP) is 1.44. The SMILES string of the molecule is Cc1ccc(C)c(OCC(=O)NCC(C)(O)c2cnn(C)c2)c1. The summed E-state index contributed by atoms with van der Waals surface area (Å²) in [5, 5.41) is 17.1. The normalized spacial score (nSPS) is 13.4. The van der Waals surface area contributed by atoms with Crippen LogP contribution in [0.15, 0.2) is 30.6 Å². The molecule has 1 atom stereocenters. The number of hydrogen-bond donors (Lipinski definition) is 2. The van der Waals surface area contributed by atoms with E-state index >= 15 is 0 Å². The van der Waals surface area contributed by atoms with Gasteiger partial charge in [-0.3, -0.25) is 9.48 Å². The second-order valence-electron chi connectivity index (χ2n) is 6.01. The number of aryl methyl sites for hydroxylation is 3. The van der Waals surface area contributed by atoms with Crippen molar-refractivity contribution in [3.05, 3.63) is 47.3 Å². The topological polar surface area (TPSA) is 76.4 Å². The van der Waals surface area contributed by atoms with E-state index < -0.39 is 5.60 Å². The van der Waals surface area contributed by atoms with Gasteiger partial charge in [0.1, 0.15) is 11.4 Å². The number of carbonyl (C=O) groups is 1. The highest BCUT2D eigenvalue weighted by molar-refractivity contribution is 5.77. The largest absolute Gasteiger partial charge is 0.483 e. The molecule has 0 aliphatic heterocycles. The minimum atomic E-state index is -1.18. The minimum Gasteiger partial charge on any atom is -0.483 e. The van der Waals surface area contributed by atoms with Gasteiger partial charge in [0.15, 0.2) is 6.61 Å². The number of benzene rings is 1. The molecule has 1 amide bonds. The van der Waals surface area contributed by atoms with E-state index in [1.165, 1.54) is 0 Å². The Morgan fingerprint density at radius 1 is 1.43 bits per heavy atom. The van der Waals surface area contributed by atoms with Crippen LogP contribution in [0.2, 0.25) is 0 Å². The van der Waals surface area contributed by atoms with E-state index in [2.05, 4.69) is 10.4 Å². The molecule has 124 valence electrons. The van der Waals surface area contributed by atoms with Crippen molar-refractivity contribution in [1.82, 2.24) is 15.1 Å². The lowest BCUT2D eigenvalue weighted by molar-refractivity contribution is -0.124. The van der Waals surface area contributed by atoms with Crippen molar-refractivity contribution in [3.8, 4) is 5.75 Å². The van der Waals surface area contributed by atoms with E-state index in [4.69, 9.17) is 4.74 Å². The van der Waals surface area contributed by atoms with Gasteiger partial charge in [-0.1, -0.05) is 12.1 Å². The quantitative estimate of drug-likeness (QED) is 0.845. The lowest BCUT2D eigenvalue weighted by atomic mass is 10.00. The van der Waals surface area contributed by atoms with Crippen LogP contribution in [-0.2, 0) is 17.4 Å². The molecule has 0 saturated heterocycles. The van der Waals surface area contributed by atoms with Gasteiger partial charge in [-0.05, 0) is 38.0 Å². The van der Waals surface area contributed by atoms with Crippen molar-refractivity contribution in [1.29, 1.82) is 0 Å². The van der Waals surface area contributed by atoms with Gasteiger partial charge in [0, 0.05) is 18.8 Å². The number of ether oxygens (including phenoxy) is 1. The van der Waals surface area contributed by atoms with Gasteiger partial charge in [-0.25, -0.2) is 0 Å². The zero-order chi connectivity index (χ0) is 17.0. The maximum absolute atomic E-state index is 11.9. The Hall–Kier alpha value is -2.34. The van der Waals surface area contributed by atoms with Gasteiger partial charge >= 0.3 is 0 Å². The molecule has 1 heterocycles. The number of aromatic nitrogens is 2. The molecule has 1 aromatic heterocycles. The van der Waals surface area contributed by atoms with Crippen LogP contribution in [0.5, 0.6) is 5.75 Å². The van der Waals surface area contributed by atoms with E-state index in [0.717, 1.165) is 11.1 Å². The highest BCUT2D eigenvalue weighted by Gasteiger charge is 2.25. The van der Waals surface area contributed by atoms with Crippen LogP contribution in [0, 0.1) is 13.8 Å². The summed E-state index contributed by atoms with van der Waals surface area (Å²) >= 11 is 0. The van der Waals surface area contributed by atoms with Gasteiger partial charge in [0.25, 0.3) is 5.91 Å². The standard InChI is InChI=1S/C17H23N3O3/c1-12-5-6-13(2)15(7-12)23-10-16(21)18-11-17(3,22)14-8-19-20(4)9-14/h5-9,22H,10-11H2,1-4H3,(H,18,21). The average Bonchev–Trinajstić information content (AvgIpc) is 2.93. The number of hydrogen-bond acceptors (Lipinski definition) is 4. The van der Waals surface area contributed by atoms with E-state index in [1.807, 2.05) is 32.0 Å². The number of nitrogens with zero attached hydrogens (tertiary/aromatic N) is 2. The summed E-state index contributed by atoms with van der Waals surface area (Å²) in [4.78, 5) is 11.9. The third-order valence-electron chi connectivity index (χ3n) is 3.66. The van der Waals surface area contributed by atoms with E-state index in [9.17, 15) is 9.90 Å². The molecule has 0 radical (unpaired) electrons. The smallest absolute Gasteiger partial charge is 0.258 e. The highest BCUT2D eigenvalue weighted by atomic mass is 16.5. The molecule has 0 bridgehead atoms. The first kappa shape index (κ1) is 17.0. The number of carbonyl (C=O) groups excluding carboxylic acids is 1. The maximum atomic E-state index is 11.9. The molecular formula is C17H23N3O3. The van der Waals surface area contributed by atoms with Crippen molar-refractivity contribution in [3.63, 3.8) is 0 Å². The third-order valence-corrected chi connectivity index (χ3v) is 3.66. The van der Waals surface area contributed by atoms with Crippen LogP contribution >= 0.6 is 0 Å². The molecule has 0 aliphatic rings. The second-order valence-corrected chi connectivity index (χ2v) is 6.01. The van der Waals surface area contributed by atoms with Crippen LogP contribution in [0.25, 0.3) is 0 Å². The molecule has 0 spiro atoms. The predicted molar refractivity (Wildman–Crippen MR) is 87.2 cm³/mol. The Morgan fingerprint density at radius 3 is 2.83 bits per heavy atom. The Kier molecular flexibility index (Phi) is 5.05. The molecule has 23 heavy (non-hydrogen) atoms. The fraction of sp³-hybridized carbons (Fsp3) is 0.412. The van der Waals surface area contributed by atoms with Crippen molar-refractivity contribution in [2.45, 2.75) is 26.4 Å². The summed E-state index contributed by atoms with van der Waals surface area (Å²) < 4.78 is 7.15. The van der Waals surface area contributed by atoms with Crippen LogP contribution in [0.4, 0.5) is 0 Å². The van der Waals surface area contributed by atoms with Gasteiger partial charge in [-0.2, -0.15) is 5.10 Å². The molecule has 2 aromatic rings. The van der Waals surface area contributed by atoms with Gasteiger partial charge in [-0.15, -0.1) is 0 Å². The molecule has 2 N–H and O–H groups in total. The summed E-state index contributed by atoms with van der Waals surface area (Å²) in [5.41, 5.74) is 1.52. The molecule has 1 unspecified atom stereocenters. The molecule has 6 heteroatoms. The first-order valence-corrected chi connectivity index (χ1v) is 7.46. The fourth-order valence-electron chi connectivity index (χ4n) is 2.13. The van der Waals surface area contributed by atoms with Crippen molar-refractivity contribution in [2.75, 3.05) is 13.2 Å². The van der Waals surface area contributed by atoms with E-state index in [-0.39, 0.29) is 19.1 Å². The summed E-state index contributed by atoms with van der Waals surface area (Å²) in [6.45, 7) is 5.54. The first-order chi connectivity index (χ1) is 10.8. The Bertz CT molecular complexity index is 692. The number of rotatable bonds is 6. The van der Waals surface area contributed by atoms with E-state index in [1.54, 1.807) is 31.0 Å². The zero-order valence-electron chi connectivity index (χ0n) is 14.0. The molecule has 1 aromatic carbocycles. The fourth-order valence-corrected chi connectivity index (χ4v) is 2.13. The summed E-state index contributed by atoms with van der Waals surface area (Å²) in [7, 11) is 1.77. The number of aliphatic hydroxyl groups is 1. The zero-order valence-corrected chi connectivity index (χ0v) is 14.0. The van der Waals surface area contributed by atoms with Crippen LogP contribution < -0.4 is 10.1 Å². The number of nitrogens with one attached hydrogen (secondary N) is 1.